The predicted molar refractivity (Wildman–Crippen MR) is 99.4 cm³/mol. The van der Waals surface area contributed by atoms with E-state index in [1.807, 2.05) is 17.0 Å². The molecule has 0 N–H and O–H groups in total. The number of carbonyl (C=O) groups is 1. The van der Waals surface area contributed by atoms with Crippen LogP contribution in [0.2, 0.25) is 0 Å². The summed E-state index contributed by atoms with van der Waals surface area (Å²) in [6, 6.07) is 5.17. The van der Waals surface area contributed by atoms with Crippen LogP contribution in [-0.2, 0) is 17.7 Å². The van der Waals surface area contributed by atoms with Gasteiger partial charge in [-0.2, -0.15) is 0 Å². The number of halogens is 3. The fourth-order valence-corrected chi connectivity index (χ4v) is 4.08. The van der Waals surface area contributed by atoms with E-state index in [0.717, 1.165) is 21.4 Å². The van der Waals surface area contributed by atoms with Crippen LogP contribution in [-0.4, -0.2) is 53.1 Å². The predicted octanol–water partition coefficient (Wildman–Crippen LogP) is 4.45. The van der Waals surface area contributed by atoms with Crippen LogP contribution in [0.3, 0.4) is 0 Å². The highest BCUT2D eigenvalue weighted by molar-refractivity contribution is 9.10. The third-order valence-corrected chi connectivity index (χ3v) is 5.36. The zero-order valence-corrected chi connectivity index (χ0v) is 17.0. The smallest absolute Gasteiger partial charge is 0.410 e. The van der Waals surface area contributed by atoms with Crippen LogP contribution in [0.1, 0.15) is 38.3 Å². The molecule has 1 unspecified atom stereocenters. The molecule has 2 aliphatic rings. The number of ether oxygens (including phenoxy) is 1. The van der Waals surface area contributed by atoms with Crippen LogP contribution in [0, 0.1) is 0 Å². The summed E-state index contributed by atoms with van der Waals surface area (Å²) >= 11 is 3.46. The lowest BCUT2D eigenvalue weighted by Gasteiger charge is -2.45. The molecule has 144 valence electrons. The molecule has 4 nitrogen and oxygen atoms in total. The SMILES string of the molecule is CC(C)(C)OC(=O)N1CCC(N2CCc3cc(Br)ccc3C2)C(F)(F)C1. The van der Waals surface area contributed by atoms with Crippen molar-refractivity contribution in [2.45, 2.75) is 57.7 Å². The third-order valence-electron chi connectivity index (χ3n) is 4.86. The minimum atomic E-state index is -2.96. The Balaban J connectivity index is 1.67. The highest BCUT2D eigenvalue weighted by Gasteiger charge is 2.49. The molecule has 1 aromatic rings. The summed E-state index contributed by atoms with van der Waals surface area (Å²) in [6.45, 7) is 6.04. The molecule has 7 heteroatoms. The Morgan fingerprint density at radius 3 is 2.65 bits per heavy atom. The molecule has 1 aromatic carbocycles. The zero-order chi connectivity index (χ0) is 19.1. The minimum Gasteiger partial charge on any atom is -0.444 e. The zero-order valence-electron chi connectivity index (χ0n) is 15.4. The summed E-state index contributed by atoms with van der Waals surface area (Å²) in [7, 11) is 0. The van der Waals surface area contributed by atoms with Gasteiger partial charge in [-0.1, -0.05) is 22.0 Å². The number of benzene rings is 1. The monoisotopic (exact) mass is 430 g/mol. The Labute approximate surface area is 161 Å². The van der Waals surface area contributed by atoms with Crippen molar-refractivity contribution in [1.82, 2.24) is 9.80 Å². The Morgan fingerprint density at radius 1 is 1.27 bits per heavy atom. The van der Waals surface area contributed by atoms with Crippen molar-refractivity contribution in [2.75, 3.05) is 19.6 Å². The maximum atomic E-state index is 14.8. The summed E-state index contributed by atoms with van der Waals surface area (Å²) in [5, 5.41) is 0. The summed E-state index contributed by atoms with van der Waals surface area (Å²) in [6.07, 6.45) is 0.347. The molecule has 3 rings (SSSR count). The number of amides is 1. The van der Waals surface area contributed by atoms with Gasteiger partial charge in [0.15, 0.2) is 0 Å². The van der Waals surface area contributed by atoms with Crippen molar-refractivity contribution in [3.05, 3.63) is 33.8 Å². The van der Waals surface area contributed by atoms with Crippen molar-refractivity contribution in [3.63, 3.8) is 0 Å². The molecule has 1 atom stereocenters. The molecule has 0 aliphatic carbocycles. The standard InChI is InChI=1S/C19H25BrF2N2O2/c1-18(2,3)26-17(25)24-9-7-16(19(21,22)12-24)23-8-6-13-10-15(20)5-4-14(13)11-23/h4-5,10,16H,6-9,11-12H2,1-3H3. The van der Waals surface area contributed by atoms with Crippen molar-refractivity contribution < 1.29 is 18.3 Å². The Hall–Kier alpha value is -1.21. The van der Waals surface area contributed by atoms with E-state index in [-0.39, 0.29) is 6.42 Å². The molecule has 1 fully saturated rings. The molecule has 0 spiro atoms. The van der Waals surface area contributed by atoms with Crippen molar-refractivity contribution in [1.29, 1.82) is 0 Å². The van der Waals surface area contributed by atoms with Crippen LogP contribution >= 0.6 is 15.9 Å². The summed E-state index contributed by atoms with van der Waals surface area (Å²) in [5.41, 5.74) is 1.63. The number of hydrogen-bond acceptors (Lipinski definition) is 3. The lowest BCUT2D eigenvalue weighted by Crippen LogP contribution is -2.60. The van der Waals surface area contributed by atoms with E-state index >= 15 is 0 Å². The number of likely N-dealkylation sites (tertiary alicyclic amines) is 1. The molecule has 1 amide bonds. The van der Waals surface area contributed by atoms with Crippen molar-refractivity contribution >= 4 is 22.0 Å². The second-order valence-electron chi connectivity index (χ2n) is 8.10. The Bertz CT molecular complexity index is 691. The third kappa shape index (κ3) is 4.36. The number of piperidine rings is 1. The fourth-order valence-electron chi connectivity index (χ4n) is 3.67. The van der Waals surface area contributed by atoms with E-state index in [1.165, 1.54) is 5.56 Å². The van der Waals surface area contributed by atoms with E-state index in [0.29, 0.717) is 19.6 Å². The van der Waals surface area contributed by atoms with E-state index in [2.05, 4.69) is 22.0 Å². The van der Waals surface area contributed by atoms with Gasteiger partial charge in [-0.05, 0) is 56.9 Å². The number of rotatable bonds is 1. The van der Waals surface area contributed by atoms with Gasteiger partial charge < -0.3 is 9.64 Å². The second kappa shape index (κ2) is 7.08. The summed E-state index contributed by atoms with van der Waals surface area (Å²) in [5.74, 6) is -2.96. The van der Waals surface area contributed by atoms with Crippen molar-refractivity contribution in [3.8, 4) is 0 Å². The van der Waals surface area contributed by atoms with Crippen LogP contribution in [0.25, 0.3) is 0 Å². The number of hydrogen-bond donors (Lipinski definition) is 0. The highest BCUT2D eigenvalue weighted by atomic mass is 79.9. The van der Waals surface area contributed by atoms with Gasteiger partial charge >= 0.3 is 6.09 Å². The van der Waals surface area contributed by atoms with Crippen LogP contribution < -0.4 is 0 Å². The summed E-state index contributed by atoms with van der Waals surface area (Å²) < 4.78 is 35.9. The van der Waals surface area contributed by atoms with Gasteiger partial charge in [0.25, 0.3) is 5.92 Å². The van der Waals surface area contributed by atoms with Crippen LogP contribution in [0.15, 0.2) is 22.7 Å². The average molecular weight is 431 g/mol. The Morgan fingerprint density at radius 2 is 2.00 bits per heavy atom. The maximum absolute atomic E-state index is 14.8. The largest absolute Gasteiger partial charge is 0.444 e. The van der Waals surface area contributed by atoms with Gasteiger partial charge in [0, 0.05) is 24.1 Å². The molecule has 0 aromatic heterocycles. The second-order valence-corrected chi connectivity index (χ2v) is 9.02. The molecule has 26 heavy (non-hydrogen) atoms. The normalized spacial score (nSPS) is 23.5. The summed E-state index contributed by atoms with van der Waals surface area (Å²) in [4.78, 5) is 15.1. The van der Waals surface area contributed by atoms with Gasteiger partial charge in [-0.25, -0.2) is 13.6 Å². The quantitative estimate of drug-likeness (QED) is 0.659. The molecule has 2 aliphatic heterocycles. The first-order valence-electron chi connectivity index (χ1n) is 8.92. The number of fused-ring (bicyclic) bond motifs is 1. The van der Waals surface area contributed by atoms with E-state index in [4.69, 9.17) is 4.74 Å². The first kappa shape index (κ1) is 19.5. The molecule has 1 saturated heterocycles. The molecular formula is C19H25BrF2N2O2. The van der Waals surface area contributed by atoms with Gasteiger partial charge in [0.05, 0.1) is 12.6 Å². The number of nitrogens with zero attached hydrogens (tertiary/aromatic N) is 2. The first-order chi connectivity index (χ1) is 12.0. The lowest BCUT2D eigenvalue weighted by molar-refractivity contribution is -0.128. The lowest BCUT2D eigenvalue weighted by atomic mass is 9.93. The molecule has 0 bridgehead atoms. The maximum Gasteiger partial charge on any atom is 0.410 e. The molecular weight excluding hydrogens is 406 g/mol. The minimum absolute atomic E-state index is 0.248. The average Bonchev–Trinajstić information content (AvgIpc) is 2.52. The topological polar surface area (TPSA) is 32.8 Å². The van der Waals surface area contributed by atoms with Gasteiger partial charge in [0.1, 0.15) is 5.60 Å². The van der Waals surface area contributed by atoms with Crippen LogP contribution in [0.4, 0.5) is 13.6 Å². The molecule has 2 heterocycles. The van der Waals surface area contributed by atoms with Gasteiger partial charge in [-0.3, -0.25) is 4.90 Å². The first-order valence-corrected chi connectivity index (χ1v) is 9.71. The van der Waals surface area contributed by atoms with Gasteiger partial charge in [-0.15, -0.1) is 0 Å². The number of alkyl halides is 2. The van der Waals surface area contributed by atoms with Crippen LogP contribution in [0.5, 0.6) is 0 Å². The molecule has 0 radical (unpaired) electrons. The van der Waals surface area contributed by atoms with E-state index in [1.54, 1.807) is 20.8 Å². The van der Waals surface area contributed by atoms with E-state index < -0.39 is 30.2 Å². The molecule has 0 saturated carbocycles. The number of carbonyl (C=O) groups excluding carboxylic acids is 1. The highest BCUT2D eigenvalue weighted by Crippen LogP contribution is 2.35. The fraction of sp³-hybridized carbons (Fsp3) is 0.632. The van der Waals surface area contributed by atoms with Crippen molar-refractivity contribution in [2.24, 2.45) is 0 Å². The van der Waals surface area contributed by atoms with Gasteiger partial charge in [0.2, 0.25) is 0 Å². The Kier molecular flexibility index (Phi) is 5.32. The van der Waals surface area contributed by atoms with E-state index in [9.17, 15) is 13.6 Å².